The number of rotatable bonds is 6. The maximum Gasteiger partial charge on any atom is 0.265 e. The highest BCUT2D eigenvalue weighted by molar-refractivity contribution is 7.91. The Kier molecular flexibility index (Phi) is 6.31. The van der Waals surface area contributed by atoms with Gasteiger partial charge in [-0.1, -0.05) is 11.6 Å². The molecule has 0 unspecified atom stereocenters. The summed E-state index contributed by atoms with van der Waals surface area (Å²) in [6.45, 7) is 2.03. The summed E-state index contributed by atoms with van der Waals surface area (Å²) in [6.07, 6.45) is 3.35. The van der Waals surface area contributed by atoms with Crippen LogP contribution in [0.2, 0.25) is 5.02 Å². The molecular weight excluding hydrogens is 420 g/mol. The summed E-state index contributed by atoms with van der Waals surface area (Å²) in [5, 5.41) is 0.824. The third-order valence-corrected chi connectivity index (χ3v) is 8.02. The minimum absolute atomic E-state index is 0.187. The van der Waals surface area contributed by atoms with E-state index in [1.807, 2.05) is 0 Å². The Morgan fingerprint density at radius 1 is 1.32 bits per heavy atom. The Bertz CT molecular complexity index is 957. The summed E-state index contributed by atoms with van der Waals surface area (Å²) in [7, 11) is -1.52. The van der Waals surface area contributed by atoms with E-state index < -0.39 is 15.1 Å². The number of carbonyl (C=O) groups excluding carboxylic acids is 1. The third-order valence-electron chi connectivity index (χ3n) is 5.00. The molecule has 0 N–H and O–H groups in total. The maximum atomic E-state index is 13.0. The van der Waals surface area contributed by atoms with Gasteiger partial charge in [-0.25, -0.2) is 13.4 Å². The van der Waals surface area contributed by atoms with Crippen molar-refractivity contribution in [2.45, 2.75) is 44.1 Å². The Balaban J connectivity index is 1.71. The lowest BCUT2D eigenvalue weighted by molar-refractivity contribution is 0.0741. The highest BCUT2D eigenvalue weighted by Gasteiger charge is 2.39. The number of ether oxygens (including phenoxy) is 1. The predicted molar refractivity (Wildman–Crippen MR) is 111 cm³/mol. The molecule has 0 bridgehead atoms. The van der Waals surface area contributed by atoms with E-state index in [0.29, 0.717) is 39.2 Å². The number of aromatic nitrogens is 1. The number of carbonyl (C=O) groups is 1. The van der Waals surface area contributed by atoms with E-state index in [4.69, 9.17) is 16.3 Å². The van der Waals surface area contributed by atoms with Gasteiger partial charge < -0.3 is 9.64 Å². The molecule has 28 heavy (non-hydrogen) atoms. The molecule has 0 radical (unpaired) electrons. The molecule has 1 aromatic heterocycles. The van der Waals surface area contributed by atoms with Crippen LogP contribution >= 0.6 is 22.9 Å². The number of sulfone groups is 1. The van der Waals surface area contributed by atoms with E-state index >= 15 is 0 Å². The van der Waals surface area contributed by atoms with Gasteiger partial charge in [-0.2, -0.15) is 0 Å². The second-order valence-corrected chi connectivity index (χ2v) is 10.8. The number of hydrogen-bond acceptors (Lipinski definition) is 6. The second kappa shape index (κ2) is 8.39. The first-order valence-electron chi connectivity index (χ1n) is 8.97. The first-order chi connectivity index (χ1) is 13.2. The van der Waals surface area contributed by atoms with Crippen molar-refractivity contribution in [1.29, 1.82) is 0 Å². The topological polar surface area (TPSA) is 76.6 Å². The molecule has 3 rings (SSSR count). The van der Waals surface area contributed by atoms with Gasteiger partial charge in [0, 0.05) is 24.4 Å². The van der Waals surface area contributed by atoms with Gasteiger partial charge in [0.25, 0.3) is 5.91 Å². The highest BCUT2D eigenvalue weighted by Crippen LogP contribution is 2.31. The normalized spacial score (nSPS) is 19.6. The van der Waals surface area contributed by atoms with Gasteiger partial charge in [0.15, 0.2) is 9.84 Å². The lowest BCUT2D eigenvalue weighted by Gasteiger charge is -2.28. The van der Waals surface area contributed by atoms with Crippen molar-refractivity contribution in [3.8, 4) is 5.75 Å². The van der Waals surface area contributed by atoms with Crippen molar-refractivity contribution >= 4 is 38.7 Å². The molecule has 1 fully saturated rings. The van der Waals surface area contributed by atoms with Crippen LogP contribution in [-0.4, -0.2) is 48.8 Å². The van der Waals surface area contributed by atoms with E-state index in [-0.39, 0.29) is 18.6 Å². The molecule has 1 heterocycles. The van der Waals surface area contributed by atoms with Crippen LogP contribution in [0.4, 0.5) is 0 Å². The zero-order chi connectivity index (χ0) is 20.5. The van der Waals surface area contributed by atoms with Gasteiger partial charge in [-0.15, -0.1) is 11.3 Å². The average molecular weight is 443 g/mol. The van der Waals surface area contributed by atoms with Gasteiger partial charge in [0.05, 0.1) is 10.9 Å². The molecule has 2 aromatic rings. The summed E-state index contributed by atoms with van der Waals surface area (Å²) >= 11 is 7.15. The van der Waals surface area contributed by atoms with Crippen LogP contribution in [0.25, 0.3) is 0 Å². The average Bonchev–Trinajstić information content (AvgIpc) is 3.26. The van der Waals surface area contributed by atoms with Crippen molar-refractivity contribution in [1.82, 2.24) is 9.88 Å². The smallest absolute Gasteiger partial charge is 0.265 e. The number of halogens is 1. The Hall–Kier alpha value is -1.64. The quantitative estimate of drug-likeness (QED) is 0.681. The minimum atomic E-state index is -3.20. The summed E-state index contributed by atoms with van der Waals surface area (Å²) in [4.78, 5) is 19.5. The number of thiazole rings is 1. The molecule has 9 heteroatoms. The number of amides is 1. The zero-order valence-electron chi connectivity index (χ0n) is 16.0. The Morgan fingerprint density at radius 3 is 2.64 bits per heavy atom. The lowest BCUT2D eigenvalue weighted by Crippen LogP contribution is -2.44. The van der Waals surface area contributed by atoms with Crippen molar-refractivity contribution in [2.75, 3.05) is 13.3 Å². The van der Waals surface area contributed by atoms with Crippen LogP contribution in [-0.2, 0) is 16.4 Å². The number of benzene rings is 1. The second-order valence-electron chi connectivity index (χ2n) is 7.05. The monoisotopic (exact) mass is 442 g/mol. The molecule has 0 aliphatic heterocycles. The van der Waals surface area contributed by atoms with Crippen molar-refractivity contribution in [3.63, 3.8) is 0 Å². The fourth-order valence-corrected chi connectivity index (χ4v) is 6.12. The van der Waals surface area contributed by atoms with E-state index in [2.05, 4.69) is 4.98 Å². The molecule has 152 valence electrons. The number of hydrogen-bond donors (Lipinski definition) is 0. The van der Waals surface area contributed by atoms with E-state index in [0.717, 1.165) is 6.42 Å². The third kappa shape index (κ3) is 4.67. The van der Waals surface area contributed by atoms with E-state index in [1.165, 1.54) is 17.6 Å². The Morgan fingerprint density at radius 2 is 2.00 bits per heavy atom. The summed E-state index contributed by atoms with van der Waals surface area (Å²) in [6, 6.07) is 6.74. The van der Waals surface area contributed by atoms with Gasteiger partial charge in [0.2, 0.25) is 0 Å². The van der Waals surface area contributed by atoms with Crippen LogP contribution < -0.4 is 4.74 Å². The van der Waals surface area contributed by atoms with Crippen LogP contribution in [0.1, 0.15) is 39.6 Å². The fourth-order valence-electron chi connectivity index (χ4n) is 3.55. The fraction of sp³-hybridized carbons (Fsp3) is 0.474. The minimum Gasteiger partial charge on any atom is -0.486 e. The first-order valence-corrected chi connectivity index (χ1v) is 12.1. The zero-order valence-corrected chi connectivity index (χ0v) is 18.4. The molecule has 6 nitrogen and oxygen atoms in total. The maximum absolute atomic E-state index is 13.0. The number of nitrogens with zero attached hydrogens (tertiary/aromatic N) is 2. The molecule has 1 aromatic carbocycles. The summed E-state index contributed by atoms with van der Waals surface area (Å²) in [5.41, 5.74) is 0.630. The predicted octanol–water partition coefficient (Wildman–Crippen LogP) is 3.72. The SMILES string of the molecule is Cc1nc(COc2ccc(Cl)cc2)sc1C(=O)N(C)[C@H]1CCC[C@@H]1S(C)(=O)=O. The first kappa shape index (κ1) is 21.1. The molecular formula is C19H23ClN2O4S2. The molecule has 1 aliphatic rings. The van der Waals surface area contributed by atoms with E-state index in [9.17, 15) is 13.2 Å². The van der Waals surface area contributed by atoms with Crippen LogP contribution in [0.15, 0.2) is 24.3 Å². The van der Waals surface area contributed by atoms with E-state index in [1.54, 1.807) is 43.1 Å². The molecule has 1 aliphatic carbocycles. The van der Waals surface area contributed by atoms with Crippen molar-refractivity contribution in [2.24, 2.45) is 0 Å². The standard InChI is InChI=1S/C19H23ClN2O4S2/c1-12-18(19(23)22(2)15-5-4-6-16(15)28(3,24)25)27-17(21-12)11-26-14-9-7-13(20)8-10-14/h7-10,15-16H,4-6,11H2,1-3H3/t15-,16-/m0/s1. The van der Waals surface area contributed by atoms with Gasteiger partial charge >= 0.3 is 0 Å². The number of aryl methyl sites for hydroxylation is 1. The van der Waals surface area contributed by atoms with Crippen molar-refractivity contribution < 1.29 is 17.9 Å². The van der Waals surface area contributed by atoms with Crippen LogP contribution in [0.3, 0.4) is 0 Å². The van der Waals surface area contributed by atoms with Crippen LogP contribution in [0, 0.1) is 6.92 Å². The molecule has 1 saturated carbocycles. The summed E-state index contributed by atoms with van der Waals surface area (Å²) in [5.74, 6) is 0.484. The molecule has 1 amide bonds. The highest BCUT2D eigenvalue weighted by atomic mass is 35.5. The largest absolute Gasteiger partial charge is 0.486 e. The van der Waals surface area contributed by atoms with Crippen LogP contribution in [0.5, 0.6) is 5.75 Å². The lowest BCUT2D eigenvalue weighted by atomic mass is 10.2. The molecule has 2 atom stereocenters. The van der Waals surface area contributed by atoms with Crippen molar-refractivity contribution in [3.05, 3.63) is 44.9 Å². The van der Waals surface area contributed by atoms with Gasteiger partial charge in [-0.05, 0) is 50.5 Å². The van der Waals surface area contributed by atoms with Gasteiger partial charge in [0.1, 0.15) is 22.2 Å². The van der Waals surface area contributed by atoms with Gasteiger partial charge in [-0.3, -0.25) is 4.79 Å². The Labute approximate surface area is 174 Å². The molecule has 0 saturated heterocycles. The molecule has 0 spiro atoms. The summed E-state index contributed by atoms with van der Waals surface area (Å²) < 4.78 is 29.8.